The van der Waals surface area contributed by atoms with Gasteiger partial charge in [-0.05, 0) is 38.4 Å². The highest BCUT2D eigenvalue weighted by atomic mass is 35.5. The monoisotopic (exact) mass is 293 g/mol. The van der Waals surface area contributed by atoms with E-state index < -0.39 is 0 Å². The average molecular weight is 294 g/mol. The van der Waals surface area contributed by atoms with Crippen LogP contribution in [0.4, 0.5) is 0 Å². The molecule has 0 fully saturated rings. The molecule has 108 valence electrons. The van der Waals surface area contributed by atoms with Gasteiger partial charge in [0.2, 0.25) is 0 Å². The Morgan fingerprint density at radius 3 is 2.20 bits per heavy atom. The van der Waals surface area contributed by atoms with Gasteiger partial charge in [0.05, 0.1) is 0 Å². The second kappa shape index (κ2) is 8.46. The van der Waals surface area contributed by atoms with Gasteiger partial charge in [0.25, 0.3) is 0 Å². The Balaban J connectivity index is 0.00000200. The van der Waals surface area contributed by atoms with Crippen LogP contribution in [0.5, 0.6) is 17.2 Å². The van der Waals surface area contributed by atoms with Crippen molar-refractivity contribution < 1.29 is 9.47 Å². The van der Waals surface area contributed by atoms with E-state index in [-0.39, 0.29) is 12.4 Å². The summed E-state index contributed by atoms with van der Waals surface area (Å²) in [7, 11) is 4.05. The van der Waals surface area contributed by atoms with E-state index in [0.29, 0.717) is 6.61 Å². The number of para-hydroxylation sites is 1. The molecule has 3 nitrogen and oxygen atoms in total. The zero-order valence-corrected chi connectivity index (χ0v) is 12.6. The number of benzene rings is 2. The fraction of sp³-hybridized carbons (Fsp3) is 0.250. The molecule has 2 rings (SSSR count). The molecule has 0 saturated carbocycles. The highest BCUT2D eigenvalue weighted by Crippen LogP contribution is 2.24. The minimum atomic E-state index is 0. The molecule has 2 aromatic carbocycles. The van der Waals surface area contributed by atoms with Crippen molar-refractivity contribution >= 4 is 12.4 Å². The Labute approximate surface area is 126 Å². The highest BCUT2D eigenvalue weighted by Gasteiger charge is 2.00. The van der Waals surface area contributed by atoms with Crippen molar-refractivity contribution in [1.29, 1.82) is 0 Å². The molecule has 0 atom stereocenters. The predicted molar refractivity (Wildman–Crippen MR) is 84.3 cm³/mol. The standard InChI is InChI=1S/C16H19NO2.ClH/c1-17(2)11-12-18-15-9-6-10-16(13-15)19-14-7-4-3-5-8-14;/h3-10,13H,11-12H2,1-2H3;1H. The van der Waals surface area contributed by atoms with E-state index >= 15 is 0 Å². The van der Waals surface area contributed by atoms with Crippen molar-refractivity contribution in [3.8, 4) is 17.2 Å². The average Bonchev–Trinajstić information content (AvgIpc) is 2.40. The molecular formula is C16H20ClNO2. The number of nitrogens with zero attached hydrogens (tertiary/aromatic N) is 1. The van der Waals surface area contributed by atoms with E-state index in [1.807, 2.05) is 68.7 Å². The van der Waals surface area contributed by atoms with Gasteiger partial charge in [-0.3, -0.25) is 0 Å². The summed E-state index contributed by atoms with van der Waals surface area (Å²) in [4.78, 5) is 2.09. The maximum absolute atomic E-state index is 5.76. The fourth-order valence-corrected chi connectivity index (χ4v) is 1.60. The van der Waals surface area contributed by atoms with Gasteiger partial charge in [-0.15, -0.1) is 12.4 Å². The summed E-state index contributed by atoms with van der Waals surface area (Å²) >= 11 is 0. The summed E-state index contributed by atoms with van der Waals surface area (Å²) in [6.45, 7) is 1.56. The Morgan fingerprint density at radius 2 is 1.50 bits per heavy atom. The van der Waals surface area contributed by atoms with Crippen LogP contribution in [0.3, 0.4) is 0 Å². The molecule has 0 spiro atoms. The quantitative estimate of drug-likeness (QED) is 0.808. The minimum Gasteiger partial charge on any atom is -0.492 e. The largest absolute Gasteiger partial charge is 0.492 e. The lowest BCUT2D eigenvalue weighted by atomic mass is 10.3. The van der Waals surface area contributed by atoms with Crippen molar-refractivity contribution in [2.75, 3.05) is 27.2 Å². The number of hydrogen-bond donors (Lipinski definition) is 0. The van der Waals surface area contributed by atoms with Gasteiger partial charge in [0.1, 0.15) is 23.9 Å². The maximum Gasteiger partial charge on any atom is 0.131 e. The van der Waals surface area contributed by atoms with Crippen molar-refractivity contribution in [2.45, 2.75) is 0 Å². The number of rotatable bonds is 6. The summed E-state index contributed by atoms with van der Waals surface area (Å²) in [6, 6.07) is 17.4. The second-order valence-corrected chi connectivity index (χ2v) is 4.54. The molecule has 0 radical (unpaired) electrons. The van der Waals surface area contributed by atoms with Crippen LogP contribution in [-0.2, 0) is 0 Å². The third kappa shape index (κ3) is 5.51. The van der Waals surface area contributed by atoms with Crippen LogP contribution in [0.2, 0.25) is 0 Å². The van der Waals surface area contributed by atoms with E-state index in [4.69, 9.17) is 9.47 Å². The van der Waals surface area contributed by atoms with Gasteiger partial charge in [-0.1, -0.05) is 24.3 Å². The highest BCUT2D eigenvalue weighted by molar-refractivity contribution is 5.85. The molecule has 0 aliphatic rings. The number of likely N-dealkylation sites (N-methyl/N-ethyl adjacent to an activating group) is 1. The van der Waals surface area contributed by atoms with Gasteiger partial charge in [0.15, 0.2) is 0 Å². The van der Waals surface area contributed by atoms with Crippen molar-refractivity contribution in [1.82, 2.24) is 4.90 Å². The van der Waals surface area contributed by atoms with Crippen LogP contribution < -0.4 is 9.47 Å². The van der Waals surface area contributed by atoms with Gasteiger partial charge < -0.3 is 14.4 Å². The SMILES string of the molecule is CN(C)CCOc1cccc(Oc2ccccc2)c1.Cl. The Morgan fingerprint density at radius 1 is 0.850 bits per heavy atom. The lowest BCUT2D eigenvalue weighted by Gasteiger charge is -2.12. The predicted octanol–water partition coefficient (Wildman–Crippen LogP) is 3.84. The molecular weight excluding hydrogens is 274 g/mol. The molecule has 0 aromatic heterocycles. The molecule has 0 saturated heterocycles. The molecule has 0 unspecified atom stereocenters. The topological polar surface area (TPSA) is 21.7 Å². The van der Waals surface area contributed by atoms with E-state index in [0.717, 1.165) is 23.8 Å². The van der Waals surface area contributed by atoms with Crippen LogP contribution in [0.15, 0.2) is 54.6 Å². The molecule has 0 N–H and O–H groups in total. The Bertz CT molecular complexity index is 503. The zero-order chi connectivity index (χ0) is 13.5. The van der Waals surface area contributed by atoms with Crippen LogP contribution in [0.1, 0.15) is 0 Å². The van der Waals surface area contributed by atoms with Crippen LogP contribution in [-0.4, -0.2) is 32.1 Å². The summed E-state index contributed by atoms with van der Waals surface area (Å²) in [5, 5.41) is 0. The molecule has 0 amide bonds. The molecule has 2 aromatic rings. The Kier molecular flexibility index (Phi) is 6.91. The van der Waals surface area contributed by atoms with Crippen LogP contribution in [0.25, 0.3) is 0 Å². The lowest BCUT2D eigenvalue weighted by Crippen LogP contribution is -2.19. The van der Waals surface area contributed by atoms with E-state index in [9.17, 15) is 0 Å². The van der Waals surface area contributed by atoms with E-state index in [2.05, 4.69) is 4.90 Å². The van der Waals surface area contributed by atoms with E-state index in [1.54, 1.807) is 0 Å². The van der Waals surface area contributed by atoms with Crippen molar-refractivity contribution in [3.05, 3.63) is 54.6 Å². The first-order valence-corrected chi connectivity index (χ1v) is 6.34. The van der Waals surface area contributed by atoms with Gasteiger partial charge in [-0.2, -0.15) is 0 Å². The lowest BCUT2D eigenvalue weighted by molar-refractivity contribution is 0.260. The number of hydrogen-bond acceptors (Lipinski definition) is 3. The fourth-order valence-electron chi connectivity index (χ4n) is 1.60. The molecule has 20 heavy (non-hydrogen) atoms. The molecule has 0 heterocycles. The maximum atomic E-state index is 5.76. The third-order valence-electron chi connectivity index (χ3n) is 2.59. The second-order valence-electron chi connectivity index (χ2n) is 4.54. The van der Waals surface area contributed by atoms with Gasteiger partial charge >= 0.3 is 0 Å². The summed E-state index contributed by atoms with van der Waals surface area (Å²) in [6.07, 6.45) is 0. The van der Waals surface area contributed by atoms with Crippen LogP contribution in [0, 0.1) is 0 Å². The summed E-state index contributed by atoms with van der Waals surface area (Å²) < 4.78 is 11.4. The van der Waals surface area contributed by atoms with Gasteiger partial charge in [0, 0.05) is 12.6 Å². The first-order chi connectivity index (χ1) is 9.24. The van der Waals surface area contributed by atoms with Crippen molar-refractivity contribution in [2.24, 2.45) is 0 Å². The van der Waals surface area contributed by atoms with Crippen LogP contribution >= 0.6 is 12.4 Å². The molecule has 0 aliphatic heterocycles. The number of ether oxygens (including phenoxy) is 2. The molecule has 0 bridgehead atoms. The third-order valence-corrected chi connectivity index (χ3v) is 2.59. The molecule has 0 aliphatic carbocycles. The first kappa shape index (κ1) is 16.3. The first-order valence-electron chi connectivity index (χ1n) is 6.34. The van der Waals surface area contributed by atoms with E-state index in [1.165, 1.54) is 0 Å². The number of halogens is 1. The Hall–Kier alpha value is -1.71. The smallest absolute Gasteiger partial charge is 0.131 e. The summed E-state index contributed by atoms with van der Waals surface area (Å²) in [5.74, 6) is 2.44. The normalized spacial score (nSPS) is 9.95. The van der Waals surface area contributed by atoms with Gasteiger partial charge in [-0.25, -0.2) is 0 Å². The minimum absolute atomic E-state index is 0. The molecule has 4 heteroatoms. The van der Waals surface area contributed by atoms with Crippen molar-refractivity contribution in [3.63, 3.8) is 0 Å². The zero-order valence-electron chi connectivity index (χ0n) is 11.8. The summed E-state index contributed by atoms with van der Waals surface area (Å²) in [5.41, 5.74) is 0.